The fourth-order valence-electron chi connectivity index (χ4n) is 3.65. The lowest BCUT2D eigenvalue weighted by Gasteiger charge is -2.34. The second-order valence-corrected chi connectivity index (χ2v) is 9.53. The Labute approximate surface area is 215 Å². The normalized spacial score (nSPS) is 11.9. The number of anilines is 2. The van der Waals surface area contributed by atoms with E-state index >= 15 is 0 Å². The van der Waals surface area contributed by atoms with Crippen LogP contribution in [0, 0.1) is 12.7 Å². The highest BCUT2D eigenvalue weighted by Gasteiger charge is 2.34. The van der Waals surface area contributed by atoms with E-state index in [1.165, 1.54) is 36.3 Å². The average Bonchev–Trinajstić information content (AvgIpc) is 3.25. The number of halogens is 1. The van der Waals surface area contributed by atoms with Crippen molar-refractivity contribution in [2.24, 2.45) is 0 Å². The topological polar surface area (TPSA) is 114 Å². The van der Waals surface area contributed by atoms with Crippen LogP contribution in [-0.2, 0) is 14.4 Å². The molecule has 0 radical (unpaired) electrons. The van der Waals surface area contributed by atoms with E-state index in [1.54, 1.807) is 37.3 Å². The van der Waals surface area contributed by atoms with Gasteiger partial charge >= 0.3 is 0 Å². The standard InChI is InChI=1S/C27H31FN4O5/c1-17-16-22(31-37-17)29-23(33)14-15-24(34)32(20-10-8-19(28)9-11-20)25(26(35)30-27(2,3)4)18-6-12-21(36-5)13-7-18/h6-13,16,25H,14-15H2,1-5H3,(H,30,35)(H,29,31,33). The number of amides is 3. The minimum atomic E-state index is -1.09. The Bertz CT molecular complexity index is 1230. The SMILES string of the molecule is COc1ccc(C(C(=O)NC(C)(C)C)N(C(=O)CCC(=O)Nc2cc(C)on2)c2ccc(F)cc2)cc1. The highest BCUT2D eigenvalue weighted by atomic mass is 19.1. The molecule has 2 N–H and O–H groups in total. The van der Waals surface area contributed by atoms with Crippen LogP contribution in [0.15, 0.2) is 59.1 Å². The van der Waals surface area contributed by atoms with Gasteiger partial charge in [0.15, 0.2) is 5.82 Å². The van der Waals surface area contributed by atoms with Crippen LogP contribution in [0.3, 0.4) is 0 Å². The predicted molar refractivity (Wildman–Crippen MR) is 137 cm³/mol. The molecule has 0 aliphatic carbocycles. The van der Waals surface area contributed by atoms with Gasteiger partial charge in [-0.1, -0.05) is 17.3 Å². The van der Waals surface area contributed by atoms with E-state index in [9.17, 15) is 18.8 Å². The molecule has 1 aromatic heterocycles. The molecule has 0 saturated carbocycles. The van der Waals surface area contributed by atoms with Crippen LogP contribution in [0.2, 0.25) is 0 Å². The van der Waals surface area contributed by atoms with Gasteiger partial charge in [0.05, 0.1) is 7.11 Å². The summed E-state index contributed by atoms with van der Waals surface area (Å²) in [5, 5.41) is 9.21. The van der Waals surface area contributed by atoms with Crippen molar-refractivity contribution in [3.8, 4) is 5.75 Å². The van der Waals surface area contributed by atoms with Crippen molar-refractivity contribution < 1.29 is 28.0 Å². The van der Waals surface area contributed by atoms with E-state index in [4.69, 9.17) is 9.26 Å². The van der Waals surface area contributed by atoms with Crippen molar-refractivity contribution in [1.29, 1.82) is 0 Å². The lowest BCUT2D eigenvalue weighted by molar-refractivity contribution is -0.128. The largest absolute Gasteiger partial charge is 0.497 e. The molecule has 0 aliphatic rings. The van der Waals surface area contributed by atoms with Crippen molar-refractivity contribution in [3.05, 3.63) is 71.7 Å². The minimum absolute atomic E-state index is 0.168. The molecule has 2 aromatic carbocycles. The van der Waals surface area contributed by atoms with Crippen LogP contribution in [0.25, 0.3) is 0 Å². The summed E-state index contributed by atoms with van der Waals surface area (Å²) in [6.07, 6.45) is -0.381. The predicted octanol–water partition coefficient (Wildman–Crippen LogP) is 4.54. The summed E-state index contributed by atoms with van der Waals surface area (Å²) in [6, 6.07) is 12.5. The molecular weight excluding hydrogens is 479 g/mol. The Kier molecular flexibility index (Phi) is 8.65. The van der Waals surface area contributed by atoms with Crippen LogP contribution in [0.5, 0.6) is 5.75 Å². The number of rotatable bonds is 9. The van der Waals surface area contributed by atoms with Crippen LogP contribution >= 0.6 is 0 Å². The molecule has 1 atom stereocenters. The maximum atomic E-state index is 13.7. The van der Waals surface area contributed by atoms with E-state index < -0.39 is 35.1 Å². The summed E-state index contributed by atoms with van der Waals surface area (Å²) in [5.41, 5.74) is 0.237. The lowest BCUT2D eigenvalue weighted by Crippen LogP contribution is -2.49. The first-order valence-electron chi connectivity index (χ1n) is 11.7. The number of nitrogens with zero attached hydrogens (tertiary/aromatic N) is 2. The first kappa shape index (κ1) is 27.4. The number of ether oxygens (including phenoxy) is 1. The van der Waals surface area contributed by atoms with Gasteiger partial charge in [-0.2, -0.15) is 0 Å². The van der Waals surface area contributed by atoms with Gasteiger partial charge in [0.2, 0.25) is 17.7 Å². The molecule has 3 rings (SSSR count). The lowest BCUT2D eigenvalue weighted by atomic mass is 10.00. The quantitative estimate of drug-likeness (QED) is 0.437. The van der Waals surface area contributed by atoms with Crippen molar-refractivity contribution >= 4 is 29.2 Å². The Balaban J connectivity index is 1.95. The maximum Gasteiger partial charge on any atom is 0.248 e. The average molecular weight is 511 g/mol. The van der Waals surface area contributed by atoms with Gasteiger partial charge in [-0.05, 0) is 69.7 Å². The van der Waals surface area contributed by atoms with E-state index in [2.05, 4.69) is 15.8 Å². The molecule has 0 saturated heterocycles. The zero-order chi connectivity index (χ0) is 27.2. The summed E-state index contributed by atoms with van der Waals surface area (Å²) in [7, 11) is 1.53. The molecule has 3 amide bonds. The van der Waals surface area contributed by atoms with Gasteiger partial charge in [0.25, 0.3) is 0 Å². The van der Waals surface area contributed by atoms with Gasteiger partial charge in [-0.25, -0.2) is 4.39 Å². The van der Waals surface area contributed by atoms with Gasteiger partial charge in [-0.3, -0.25) is 19.3 Å². The number of benzene rings is 2. The highest BCUT2D eigenvalue weighted by molar-refractivity contribution is 6.03. The Hall–Kier alpha value is -4.21. The molecule has 1 heterocycles. The molecule has 3 aromatic rings. The van der Waals surface area contributed by atoms with Crippen molar-refractivity contribution in [1.82, 2.24) is 10.5 Å². The second-order valence-electron chi connectivity index (χ2n) is 9.53. The van der Waals surface area contributed by atoms with Gasteiger partial charge in [0.1, 0.15) is 23.4 Å². The number of carbonyl (C=O) groups excluding carboxylic acids is 3. The van der Waals surface area contributed by atoms with Crippen LogP contribution in [-0.4, -0.2) is 35.5 Å². The number of methoxy groups -OCH3 is 1. The molecule has 1 unspecified atom stereocenters. The van der Waals surface area contributed by atoms with Gasteiger partial charge in [0, 0.05) is 30.1 Å². The van der Waals surface area contributed by atoms with Crippen molar-refractivity contribution in [2.45, 2.75) is 52.1 Å². The number of aryl methyl sites for hydroxylation is 1. The fourth-order valence-corrected chi connectivity index (χ4v) is 3.65. The van der Waals surface area contributed by atoms with Crippen LogP contribution < -0.4 is 20.3 Å². The summed E-state index contributed by atoms with van der Waals surface area (Å²) in [4.78, 5) is 40.9. The van der Waals surface area contributed by atoms with E-state index in [0.29, 0.717) is 22.8 Å². The van der Waals surface area contributed by atoms with Gasteiger partial charge in [-0.15, -0.1) is 0 Å². The minimum Gasteiger partial charge on any atom is -0.497 e. The number of hydrogen-bond acceptors (Lipinski definition) is 6. The summed E-state index contributed by atoms with van der Waals surface area (Å²) >= 11 is 0. The number of nitrogens with one attached hydrogen (secondary N) is 2. The van der Waals surface area contributed by atoms with E-state index in [1.807, 2.05) is 20.8 Å². The number of hydrogen-bond donors (Lipinski definition) is 2. The van der Waals surface area contributed by atoms with Crippen molar-refractivity contribution in [3.63, 3.8) is 0 Å². The first-order valence-corrected chi connectivity index (χ1v) is 11.7. The summed E-state index contributed by atoms with van der Waals surface area (Å²) in [5.74, 6) is -0.509. The van der Waals surface area contributed by atoms with E-state index in [0.717, 1.165) is 0 Å². The zero-order valence-electron chi connectivity index (χ0n) is 21.5. The molecule has 0 fully saturated rings. The Morgan fingerprint density at radius 2 is 1.70 bits per heavy atom. The fraction of sp³-hybridized carbons (Fsp3) is 0.333. The first-order chi connectivity index (χ1) is 17.5. The Morgan fingerprint density at radius 1 is 1.05 bits per heavy atom. The highest BCUT2D eigenvalue weighted by Crippen LogP contribution is 2.31. The second kappa shape index (κ2) is 11.7. The molecule has 0 bridgehead atoms. The molecule has 0 aliphatic heterocycles. The molecule has 0 spiro atoms. The third-order valence-electron chi connectivity index (χ3n) is 5.27. The number of carbonyl (C=O) groups is 3. The van der Waals surface area contributed by atoms with Gasteiger partial charge < -0.3 is 19.9 Å². The third-order valence-corrected chi connectivity index (χ3v) is 5.27. The summed E-state index contributed by atoms with van der Waals surface area (Å²) in [6.45, 7) is 7.18. The molecule has 37 heavy (non-hydrogen) atoms. The molecule has 9 nitrogen and oxygen atoms in total. The third kappa shape index (κ3) is 7.63. The zero-order valence-corrected chi connectivity index (χ0v) is 21.5. The Morgan fingerprint density at radius 3 is 2.24 bits per heavy atom. The molecule has 10 heteroatoms. The van der Waals surface area contributed by atoms with Crippen LogP contribution in [0.1, 0.15) is 51.0 Å². The smallest absolute Gasteiger partial charge is 0.248 e. The number of aromatic nitrogens is 1. The maximum absolute atomic E-state index is 13.7. The van der Waals surface area contributed by atoms with Crippen LogP contribution in [0.4, 0.5) is 15.9 Å². The summed E-state index contributed by atoms with van der Waals surface area (Å²) < 4.78 is 23.9. The molecule has 196 valence electrons. The molecular formula is C27H31FN4O5. The van der Waals surface area contributed by atoms with E-state index in [-0.39, 0.29) is 18.7 Å². The van der Waals surface area contributed by atoms with Crippen molar-refractivity contribution in [2.75, 3.05) is 17.3 Å². The monoisotopic (exact) mass is 510 g/mol.